The van der Waals surface area contributed by atoms with Gasteiger partial charge in [-0.3, -0.25) is 4.79 Å². The van der Waals surface area contributed by atoms with Gasteiger partial charge < -0.3 is 15.8 Å². The number of hydrogen-bond acceptors (Lipinski definition) is 4. The van der Waals surface area contributed by atoms with Crippen LogP contribution in [0.1, 0.15) is 29.8 Å². The molecule has 19 heavy (non-hydrogen) atoms. The van der Waals surface area contributed by atoms with E-state index in [9.17, 15) is 4.79 Å². The summed E-state index contributed by atoms with van der Waals surface area (Å²) in [5.74, 6) is 0.203. The maximum absolute atomic E-state index is 11.9. The molecular formula is C13H20ClN3O2. The van der Waals surface area contributed by atoms with E-state index in [-0.39, 0.29) is 23.7 Å². The van der Waals surface area contributed by atoms with E-state index in [1.54, 1.807) is 25.3 Å². The van der Waals surface area contributed by atoms with Crippen LogP contribution < -0.4 is 11.1 Å². The van der Waals surface area contributed by atoms with Crippen molar-refractivity contribution < 1.29 is 9.53 Å². The Morgan fingerprint density at radius 2 is 2.26 bits per heavy atom. The first-order valence-electron chi connectivity index (χ1n) is 6.15. The maximum atomic E-state index is 11.9. The fourth-order valence-electron chi connectivity index (χ4n) is 1.95. The number of carbonyl (C=O) groups excluding carboxylic acids is 1. The molecule has 0 aliphatic heterocycles. The summed E-state index contributed by atoms with van der Waals surface area (Å²) in [6, 6.07) is 5.06. The van der Waals surface area contributed by atoms with Gasteiger partial charge in [0, 0.05) is 20.3 Å². The normalized spacial score (nSPS) is 15.4. The standard InChI is InChI=1S/C13H19N3O2.ClH/c1-18-8-7-13(5-6-13)9-15-12(17)10-3-2-4-11(14)16-10;/h2-4H,5-9H2,1H3,(H2,14,16)(H,15,17);1H. The monoisotopic (exact) mass is 285 g/mol. The van der Waals surface area contributed by atoms with E-state index in [1.807, 2.05) is 0 Å². The minimum atomic E-state index is -0.161. The van der Waals surface area contributed by atoms with Crippen LogP contribution in [0.5, 0.6) is 0 Å². The van der Waals surface area contributed by atoms with Gasteiger partial charge in [-0.05, 0) is 36.8 Å². The number of nitrogens with two attached hydrogens (primary N) is 1. The Kier molecular flexibility index (Phi) is 5.57. The average molecular weight is 286 g/mol. The van der Waals surface area contributed by atoms with Crippen molar-refractivity contribution in [1.82, 2.24) is 10.3 Å². The number of halogens is 1. The first kappa shape index (κ1) is 15.7. The smallest absolute Gasteiger partial charge is 0.269 e. The Morgan fingerprint density at radius 1 is 1.53 bits per heavy atom. The lowest BCUT2D eigenvalue weighted by Gasteiger charge is -2.15. The molecule has 6 heteroatoms. The molecule has 5 nitrogen and oxygen atoms in total. The van der Waals surface area contributed by atoms with Crippen molar-refractivity contribution in [3.63, 3.8) is 0 Å². The highest BCUT2D eigenvalue weighted by atomic mass is 35.5. The van der Waals surface area contributed by atoms with Crippen molar-refractivity contribution in [3.05, 3.63) is 23.9 Å². The third-order valence-electron chi connectivity index (χ3n) is 3.42. The second-order valence-corrected chi connectivity index (χ2v) is 4.87. The van der Waals surface area contributed by atoms with E-state index in [2.05, 4.69) is 10.3 Å². The van der Waals surface area contributed by atoms with Gasteiger partial charge in [0.05, 0.1) is 0 Å². The van der Waals surface area contributed by atoms with Gasteiger partial charge in [-0.15, -0.1) is 12.4 Å². The largest absolute Gasteiger partial charge is 0.385 e. The topological polar surface area (TPSA) is 77.2 Å². The van der Waals surface area contributed by atoms with Gasteiger partial charge >= 0.3 is 0 Å². The number of nitrogen functional groups attached to an aromatic ring is 1. The van der Waals surface area contributed by atoms with Crippen molar-refractivity contribution in [1.29, 1.82) is 0 Å². The van der Waals surface area contributed by atoms with Crippen LogP contribution in [0.2, 0.25) is 0 Å². The van der Waals surface area contributed by atoms with Gasteiger partial charge in [-0.25, -0.2) is 4.98 Å². The predicted molar refractivity (Wildman–Crippen MR) is 76.4 cm³/mol. The Bertz CT molecular complexity index is 436. The van der Waals surface area contributed by atoms with Gasteiger partial charge in [0.15, 0.2) is 0 Å². The van der Waals surface area contributed by atoms with Gasteiger partial charge in [0.25, 0.3) is 5.91 Å². The number of ether oxygens (including phenoxy) is 1. The molecule has 1 amide bonds. The summed E-state index contributed by atoms with van der Waals surface area (Å²) in [5.41, 5.74) is 6.16. The molecule has 0 aromatic carbocycles. The highest BCUT2D eigenvalue weighted by Crippen LogP contribution is 2.48. The van der Waals surface area contributed by atoms with Crippen LogP contribution in [0, 0.1) is 5.41 Å². The molecule has 0 saturated heterocycles. The maximum Gasteiger partial charge on any atom is 0.269 e. The number of methoxy groups -OCH3 is 1. The summed E-state index contributed by atoms with van der Waals surface area (Å²) in [6.07, 6.45) is 3.30. The zero-order valence-electron chi connectivity index (χ0n) is 11.0. The van der Waals surface area contributed by atoms with Gasteiger partial charge in [-0.2, -0.15) is 0 Å². The molecule has 0 atom stereocenters. The van der Waals surface area contributed by atoms with Crippen molar-refractivity contribution in [2.75, 3.05) is 26.0 Å². The van der Waals surface area contributed by atoms with Crippen molar-refractivity contribution in [2.45, 2.75) is 19.3 Å². The molecule has 0 spiro atoms. The van der Waals surface area contributed by atoms with Crippen molar-refractivity contribution >= 4 is 24.1 Å². The van der Waals surface area contributed by atoms with Crippen LogP contribution in [0.15, 0.2) is 18.2 Å². The van der Waals surface area contributed by atoms with Crippen LogP contribution in [0.25, 0.3) is 0 Å². The Hall–Kier alpha value is -1.33. The van der Waals surface area contributed by atoms with E-state index < -0.39 is 0 Å². The van der Waals surface area contributed by atoms with Crippen LogP contribution in [-0.2, 0) is 4.74 Å². The lowest BCUT2D eigenvalue weighted by Crippen LogP contribution is -2.31. The molecule has 1 heterocycles. The second-order valence-electron chi connectivity index (χ2n) is 4.87. The zero-order valence-corrected chi connectivity index (χ0v) is 11.8. The third kappa shape index (κ3) is 4.36. The highest BCUT2D eigenvalue weighted by Gasteiger charge is 2.42. The Labute approximate surface area is 119 Å². The van der Waals surface area contributed by atoms with Crippen LogP contribution in [-0.4, -0.2) is 31.2 Å². The molecule has 1 aliphatic rings. The molecule has 0 bridgehead atoms. The average Bonchev–Trinajstić information content (AvgIpc) is 3.14. The summed E-state index contributed by atoms with van der Waals surface area (Å²) in [4.78, 5) is 15.9. The molecule has 0 radical (unpaired) electrons. The van der Waals surface area contributed by atoms with Gasteiger partial charge in [-0.1, -0.05) is 6.07 Å². The summed E-state index contributed by atoms with van der Waals surface area (Å²) < 4.78 is 5.08. The summed E-state index contributed by atoms with van der Waals surface area (Å²) in [7, 11) is 1.70. The fourth-order valence-corrected chi connectivity index (χ4v) is 1.95. The van der Waals surface area contributed by atoms with E-state index in [0.717, 1.165) is 25.9 Å². The fraction of sp³-hybridized carbons (Fsp3) is 0.538. The van der Waals surface area contributed by atoms with Crippen LogP contribution in [0.3, 0.4) is 0 Å². The molecular weight excluding hydrogens is 266 g/mol. The molecule has 1 aliphatic carbocycles. The number of pyridine rings is 1. The summed E-state index contributed by atoms with van der Waals surface area (Å²) in [6.45, 7) is 1.43. The van der Waals surface area contributed by atoms with Gasteiger partial charge in [0.1, 0.15) is 11.5 Å². The Morgan fingerprint density at radius 3 is 2.84 bits per heavy atom. The summed E-state index contributed by atoms with van der Waals surface area (Å²) in [5, 5.41) is 2.93. The number of carbonyl (C=O) groups is 1. The summed E-state index contributed by atoms with van der Waals surface area (Å²) >= 11 is 0. The highest BCUT2D eigenvalue weighted by molar-refractivity contribution is 5.92. The van der Waals surface area contributed by atoms with Crippen LogP contribution >= 0.6 is 12.4 Å². The van der Waals surface area contributed by atoms with Crippen molar-refractivity contribution in [3.8, 4) is 0 Å². The molecule has 1 aromatic rings. The molecule has 1 fully saturated rings. The number of aromatic nitrogens is 1. The molecule has 1 aromatic heterocycles. The second kappa shape index (κ2) is 6.73. The number of nitrogens with one attached hydrogen (secondary N) is 1. The zero-order chi connectivity index (χ0) is 13.0. The molecule has 2 rings (SSSR count). The minimum Gasteiger partial charge on any atom is -0.385 e. The van der Waals surface area contributed by atoms with E-state index in [1.165, 1.54) is 0 Å². The SMILES string of the molecule is COCCC1(CNC(=O)c2cccc(N)n2)CC1.Cl. The Balaban J connectivity index is 0.00000180. The van der Waals surface area contributed by atoms with Crippen molar-refractivity contribution in [2.24, 2.45) is 5.41 Å². The predicted octanol–water partition coefficient (Wildman–Crippen LogP) is 1.63. The molecule has 1 saturated carbocycles. The number of hydrogen-bond donors (Lipinski definition) is 2. The lowest BCUT2D eigenvalue weighted by atomic mass is 10.0. The quantitative estimate of drug-likeness (QED) is 0.833. The molecule has 106 valence electrons. The number of anilines is 1. The van der Waals surface area contributed by atoms with E-state index >= 15 is 0 Å². The van der Waals surface area contributed by atoms with E-state index in [0.29, 0.717) is 18.1 Å². The number of rotatable bonds is 6. The van der Waals surface area contributed by atoms with E-state index in [4.69, 9.17) is 10.5 Å². The first-order chi connectivity index (χ1) is 8.65. The third-order valence-corrected chi connectivity index (χ3v) is 3.42. The van der Waals surface area contributed by atoms with Crippen LogP contribution in [0.4, 0.5) is 5.82 Å². The molecule has 3 N–H and O–H groups in total. The number of nitrogens with zero attached hydrogens (tertiary/aromatic N) is 1. The lowest BCUT2D eigenvalue weighted by molar-refractivity contribution is 0.0933. The minimum absolute atomic E-state index is 0. The van der Waals surface area contributed by atoms with Gasteiger partial charge in [0.2, 0.25) is 0 Å². The molecule has 0 unspecified atom stereocenters. The first-order valence-corrected chi connectivity index (χ1v) is 6.15. The number of amides is 1.